The van der Waals surface area contributed by atoms with E-state index in [-0.39, 0.29) is 11.7 Å². The molecule has 0 saturated heterocycles. The minimum atomic E-state index is -0.211. The van der Waals surface area contributed by atoms with E-state index in [1.54, 1.807) is 31.8 Å². The van der Waals surface area contributed by atoms with E-state index >= 15 is 0 Å². The molecule has 0 aliphatic carbocycles. The van der Waals surface area contributed by atoms with E-state index < -0.39 is 0 Å². The van der Waals surface area contributed by atoms with Gasteiger partial charge in [-0.15, -0.1) is 0 Å². The monoisotopic (exact) mass is 302 g/mol. The van der Waals surface area contributed by atoms with Crippen LogP contribution >= 0.6 is 11.8 Å². The third-order valence-corrected chi connectivity index (χ3v) is 3.27. The van der Waals surface area contributed by atoms with Crippen LogP contribution in [0.3, 0.4) is 0 Å². The predicted molar refractivity (Wildman–Crippen MR) is 81.5 cm³/mol. The van der Waals surface area contributed by atoms with Gasteiger partial charge in [0.15, 0.2) is 5.16 Å². The first kappa shape index (κ1) is 15.0. The third kappa shape index (κ3) is 5.23. The molecule has 0 radical (unpaired) electrons. The molecule has 0 saturated carbocycles. The molecule has 0 fully saturated rings. The number of benzene rings is 1. The summed E-state index contributed by atoms with van der Waals surface area (Å²) in [5.74, 6) is 0.775. The Kier molecular flexibility index (Phi) is 5.71. The minimum absolute atomic E-state index is 0.211. The number of nitrogens with zero attached hydrogens (tertiary/aromatic N) is 3. The Bertz CT molecular complexity index is 602. The fourth-order valence-electron chi connectivity index (χ4n) is 1.39. The summed E-state index contributed by atoms with van der Waals surface area (Å²) in [4.78, 5) is 19.6. The van der Waals surface area contributed by atoms with Gasteiger partial charge in [-0.3, -0.25) is 4.79 Å². The van der Waals surface area contributed by atoms with Crippen molar-refractivity contribution in [3.63, 3.8) is 0 Å². The van der Waals surface area contributed by atoms with Crippen molar-refractivity contribution in [2.75, 3.05) is 12.9 Å². The van der Waals surface area contributed by atoms with Crippen LogP contribution in [0, 0.1) is 0 Å². The Morgan fingerprint density at radius 1 is 1.33 bits per heavy atom. The van der Waals surface area contributed by atoms with Crippen molar-refractivity contribution in [3.05, 3.63) is 48.3 Å². The van der Waals surface area contributed by atoms with Gasteiger partial charge in [0.05, 0.1) is 19.1 Å². The number of thioether (sulfide) groups is 1. The maximum atomic E-state index is 11.6. The van der Waals surface area contributed by atoms with Crippen molar-refractivity contribution in [1.82, 2.24) is 15.4 Å². The summed E-state index contributed by atoms with van der Waals surface area (Å²) in [6.07, 6.45) is 4.84. The SMILES string of the molecule is COc1ccc(/C=N\NC(=O)CSc2ncccn2)cc1. The smallest absolute Gasteiger partial charge is 0.250 e. The van der Waals surface area contributed by atoms with Crippen LogP contribution in [0.4, 0.5) is 0 Å². The van der Waals surface area contributed by atoms with Crippen LogP contribution in [-0.4, -0.2) is 35.0 Å². The molecule has 7 heteroatoms. The van der Waals surface area contributed by atoms with Gasteiger partial charge in [-0.1, -0.05) is 11.8 Å². The quantitative estimate of drug-likeness (QED) is 0.380. The Morgan fingerprint density at radius 2 is 2.05 bits per heavy atom. The minimum Gasteiger partial charge on any atom is -0.497 e. The van der Waals surface area contributed by atoms with Gasteiger partial charge in [0, 0.05) is 12.4 Å². The molecular formula is C14H14N4O2S. The zero-order valence-electron chi connectivity index (χ0n) is 11.4. The third-order valence-electron chi connectivity index (χ3n) is 2.39. The lowest BCUT2D eigenvalue weighted by Crippen LogP contribution is -2.19. The van der Waals surface area contributed by atoms with Gasteiger partial charge >= 0.3 is 0 Å². The van der Waals surface area contributed by atoms with E-state index in [0.29, 0.717) is 5.16 Å². The van der Waals surface area contributed by atoms with E-state index in [0.717, 1.165) is 11.3 Å². The molecule has 2 aromatic rings. The van der Waals surface area contributed by atoms with Crippen molar-refractivity contribution in [3.8, 4) is 5.75 Å². The van der Waals surface area contributed by atoms with Crippen LogP contribution in [0.2, 0.25) is 0 Å². The lowest BCUT2D eigenvalue weighted by atomic mass is 10.2. The standard InChI is InChI=1S/C14H14N4O2S/c1-20-12-5-3-11(4-6-12)9-17-18-13(19)10-21-14-15-7-2-8-16-14/h2-9H,10H2,1H3,(H,18,19)/b17-9-. The highest BCUT2D eigenvalue weighted by Crippen LogP contribution is 2.10. The summed E-state index contributed by atoms with van der Waals surface area (Å²) in [6, 6.07) is 9.07. The van der Waals surface area contributed by atoms with E-state index in [1.165, 1.54) is 11.8 Å². The Labute approximate surface area is 126 Å². The number of aromatic nitrogens is 2. The molecule has 1 heterocycles. The molecule has 1 N–H and O–H groups in total. The highest BCUT2D eigenvalue weighted by Gasteiger charge is 2.02. The maximum Gasteiger partial charge on any atom is 0.250 e. The maximum absolute atomic E-state index is 11.6. The van der Waals surface area contributed by atoms with Crippen LogP contribution in [0.15, 0.2) is 53.0 Å². The first-order valence-electron chi connectivity index (χ1n) is 6.13. The zero-order valence-corrected chi connectivity index (χ0v) is 12.2. The van der Waals surface area contributed by atoms with E-state index in [2.05, 4.69) is 20.5 Å². The first-order chi connectivity index (χ1) is 10.3. The number of carbonyl (C=O) groups is 1. The summed E-state index contributed by atoms with van der Waals surface area (Å²) in [7, 11) is 1.61. The second-order valence-corrected chi connectivity index (χ2v) is 4.83. The Hall–Kier alpha value is -2.41. The fraction of sp³-hybridized carbons (Fsp3) is 0.143. The zero-order chi connectivity index (χ0) is 14.9. The number of hydrazone groups is 1. The number of hydrogen-bond acceptors (Lipinski definition) is 6. The summed E-state index contributed by atoms with van der Waals surface area (Å²) >= 11 is 1.26. The molecule has 0 aliphatic heterocycles. The van der Waals surface area contributed by atoms with Gasteiger partial charge in [0.25, 0.3) is 5.91 Å². The lowest BCUT2D eigenvalue weighted by molar-refractivity contribution is -0.118. The number of rotatable bonds is 6. The van der Waals surface area contributed by atoms with Gasteiger partial charge in [0.2, 0.25) is 0 Å². The van der Waals surface area contributed by atoms with Crippen LogP contribution in [-0.2, 0) is 4.79 Å². The highest BCUT2D eigenvalue weighted by molar-refractivity contribution is 7.99. The molecule has 2 rings (SSSR count). The molecule has 6 nitrogen and oxygen atoms in total. The van der Waals surface area contributed by atoms with Crippen LogP contribution < -0.4 is 10.2 Å². The number of hydrogen-bond donors (Lipinski definition) is 1. The van der Waals surface area contributed by atoms with Crippen LogP contribution in [0.25, 0.3) is 0 Å². The summed E-state index contributed by atoms with van der Waals surface area (Å²) in [5, 5.41) is 4.45. The van der Waals surface area contributed by atoms with Gasteiger partial charge in [-0.2, -0.15) is 5.10 Å². The molecule has 0 atom stereocenters. The van der Waals surface area contributed by atoms with Gasteiger partial charge in [0.1, 0.15) is 5.75 Å². The predicted octanol–water partition coefficient (Wildman–Crippen LogP) is 1.73. The average molecular weight is 302 g/mol. The van der Waals surface area contributed by atoms with Crippen LogP contribution in [0.5, 0.6) is 5.75 Å². The molecule has 1 aromatic heterocycles. The van der Waals surface area contributed by atoms with Gasteiger partial charge in [-0.05, 0) is 35.9 Å². The second-order valence-electron chi connectivity index (χ2n) is 3.89. The average Bonchev–Trinajstić information content (AvgIpc) is 2.54. The van der Waals surface area contributed by atoms with Crippen molar-refractivity contribution >= 4 is 23.9 Å². The number of nitrogens with one attached hydrogen (secondary N) is 1. The van der Waals surface area contributed by atoms with E-state index in [9.17, 15) is 4.79 Å². The van der Waals surface area contributed by atoms with Crippen molar-refractivity contribution in [2.24, 2.45) is 5.10 Å². The van der Waals surface area contributed by atoms with Crippen LogP contribution in [0.1, 0.15) is 5.56 Å². The Balaban J connectivity index is 1.76. The second kappa shape index (κ2) is 8.01. The molecule has 108 valence electrons. The Morgan fingerprint density at radius 3 is 2.71 bits per heavy atom. The molecule has 1 aromatic carbocycles. The molecule has 0 bridgehead atoms. The summed E-state index contributed by atoms with van der Waals surface area (Å²) in [6.45, 7) is 0. The van der Waals surface area contributed by atoms with Crippen molar-refractivity contribution < 1.29 is 9.53 Å². The molecule has 21 heavy (non-hydrogen) atoms. The lowest BCUT2D eigenvalue weighted by Gasteiger charge is -2.00. The summed E-state index contributed by atoms with van der Waals surface area (Å²) in [5.41, 5.74) is 3.32. The fourth-order valence-corrected chi connectivity index (χ4v) is 1.99. The summed E-state index contributed by atoms with van der Waals surface area (Å²) < 4.78 is 5.06. The van der Waals surface area contributed by atoms with Crippen molar-refractivity contribution in [1.29, 1.82) is 0 Å². The van der Waals surface area contributed by atoms with Gasteiger partial charge < -0.3 is 4.74 Å². The van der Waals surface area contributed by atoms with Gasteiger partial charge in [-0.25, -0.2) is 15.4 Å². The number of carbonyl (C=O) groups excluding carboxylic acids is 1. The number of methoxy groups -OCH3 is 1. The van der Waals surface area contributed by atoms with E-state index in [1.807, 2.05) is 24.3 Å². The normalized spacial score (nSPS) is 10.5. The first-order valence-corrected chi connectivity index (χ1v) is 7.12. The molecular weight excluding hydrogens is 288 g/mol. The number of amides is 1. The topological polar surface area (TPSA) is 76.5 Å². The molecule has 0 spiro atoms. The van der Waals surface area contributed by atoms with E-state index in [4.69, 9.17) is 4.74 Å². The molecule has 0 aliphatic rings. The highest BCUT2D eigenvalue weighted by atomic mass is 32.2. The molecule has 1 amide bonds. The molecule has 0 unspecified atom stereocenters. The number of ether oxygens (including phenoxy) is 1. The largest absolute Gasteiger partial charge is 0.497 e. The van der Waals surface area contributed by atoms with Crippen molar-refractivity contribution in [2.45, 2.75) is 5.16 Å².